The molecule has 4 nitrogen and oxygen atoms in total. The molecule has 4 heteroatoms. The number of hydrogen-bond donors (Lipinski definition) is 2. The lowest BCUT2D eigenvalue weighted by Gasteiger charge is -2.14. The SMILES string of the molecule is C[C@@H](NC1=NCCN1)c1ccccn1. The van der Waals surface area contributed by atoms with Gasteiger partial charge in [0, 0.05) is 12.7 Å². The molecule has 1 aromatic heterocycles. The smallest absolute Gasteiger partial charge is 0.191 e. The van der Waals surface area contributed by atoms with Gasteiger partial charge in [-0.3, -0.25) is 9.98 Å². The van der Waals surface area contributed by atoms with Crippen LogP contribution in [0.4, 0.5) is 0 Å². The lowest BCUT2D eigenvalue weighted by Crippen LogP contribution is -2.35. The number of aliphatic imine (C=N–C) groups is 1. The van der Waals surface area contributed by atoms with E-state index in [1.165, 1.54) is 0 Å². The van der Waals surface area contributed by atoms with Gasteiger partial charge in [-0.25, -0.2) is 0 Å². The van der Waals surface area contributed by atoms with Crippen LogP contribution >= 0.6 is 0 Å². The number of aromatic nitrogens is 1. The predicted molar refractivity (Wildman–Crippen MR) is 56.1 cm³/mol. The van der Waals surface area contributed by atoms with Crippen LogP contribution in [0.2, 0.25) is 0 Å². The van der Waals surface area contributed by atoms with Gasteiger partial charge < -0.3 is 10.6 Å². The van der Waals surface area contributed by atoms with E-state index < -0.39 is 0 Å². The van der Waals surface area contributed by atoms with E-state index in [4.69, 9.17) is 0 Å². The lowest BCUT2D eigenvalue weighted by molar-refractivity contribution is 0.679. The minimum absolute atomic E-state index is 0.195. The Morgan fingerprint density at radius 2 is 2.43 bits per heavy atom. The van der Waals surface area contributed by atoms with E-state index in [2.05, 4.69) is 27.5 Å². The van der Waals surface area contributed by atoms with E-state index in [9.17, 15) is 0 Å². The maximum Gasteiger partial charge on any atom is 0.191 e. The summed E-state index contributed by atoms with van der Waals surface area (Å²) in [6.45, 7) is 3.86. The Morgan fingerprint density at radius 1 is 1.50 bits per heavy atom. The van der Waals surface area contributed by atoms with Gasteiger partial charge in [-0.1, -0.05) is 6.07 Å². The molecular weight excluding hydrogens is 176 g/mol. The zero-order valence-electron chi connectivity index (χ0n) is 8.20. The van der Waals surface area contributed by atoms with Crippen LogP contribution in [0, 0.1) is 0 Å². The van der Waals surface area contributed by atoms with Crippen molar-refractivity contribution in [2.45, 2.75) is 13.0 Å². The highest BCUT2D eigenvalue weighted by Gasteiger charge is 2.10. The average Bonchev–Trinajstić information content (AvgIpc) is 2.72. The van der Waals surface area contributed by atoms with Gasteiger partial charge in [-0.05, 0) is 19.1 Å². The van der Waals surface area contributed by atoms with Crippen molar-refractivity contribution in [1.82, 2.24) is 15.6 Å². The summed E-state index contributed by atoms with van der Waals surface area (Å²) in [4.78, 5) is 8.54. The van der Waals surface area contributed by atoms with Gasteiger partial charge >= 0.3 is 0 Å². The molecule has 0 spiro atoms. The first-order chi connectivity index (χ1) is 6.86. The Bertz CT molecular complexity index is 320. The average molecular weight is 190 g/mol. The zero-order chi connectivity index (χ0) is 9.80. The molecule has 0 bridgehead atoms. The molecule has 0 unspecified atom stereocenters. The zero-order valence-corrected chi connectivity index (χ0v) is 8.20. The van der Waals surface area contributed by atoms with Gasteiger partial charge in [-0.2, -0.15) is 0 Å². The fourth-order valence-electron chi connectivity index (χ4n) is 1.41. The first kappa shape index (κ1) is 8.99. The first-order valence-electron chi connectivity index (χ1n) is 4.82. The van der Waals surface area contributed by atoms with E-state index in [0.29, 0.717) is 0 Å². The first-order valence-corrected chi connectivity index (χ1v) is 4.82. The van der Waals surface area contributed by atoms with Gasteiger partial charge in [-0.15, -0.1) is 0 Å². The normalized spacial score (nSPS) is 17.1. The molecule has 1 aliphatic rings. The molecule has 0 saturated heterocycles. The molecule has 0 aromatic carbocycles. The predicted octanol–water partition coefficient (Wildman–Crippen LogP) is 0.691. The number of rotatable bonds is 2. The molecule has 1 aromatic rings. The van der Waals surface area contributed by atoms with Crippen molar-refractivity contribution in [2.75, 3.05) is 13.1 Å². The molecule has 0 aliphatic carbocycles. The second kappa shape index (κ2) is 4.09. The molecular formula is C10H14N4. The third kappa shape index (κ3) is 2.02. The minimum atomic E-state index is 0.195. The molecule has 1 aliphatic heterocycles. The Labute approximate surface area is 83.5 Å². The number of hydrogen-bond acceptors (Lipinski definition) is 4. The van der Waals surface area contributed by atoms with Crippen molar-refractivity contribution in [3.63, 3.8) is 0 Å². The van der Waals surface area contributed by atoms with Crippen molar-refractivity contribution >= 4 is 5.96 Å². The summed E-state index contributed by atoms with van der Waals surface area (Å²) in [5.74, 6) is 0.878. The second-order valence-corrected chi connectivity index (χ2v) is 3.28. The highest BCUT2D eigenvalue weighted by Crippen LogP contribution is 2.07. The Hall–Kier alpha value is -1.58. The van der Waals surface area contributed by atoms with Crippen LogP contribution in [0.15, 0.2) is 29.4 Å². The molecule has 2 heterocycles. The van der Waals surface area contributed by atoms with Crippen LogP contribution in [0.1, 0.15) is 18.7 Å². The fourth-order valence-corrected chi connectivity index (χ4v) is 1.41. The fraction of sp³-hybridized carbons (Fsp3) is 0.400. The number of nitrogens with zero attached hydrogens (tertiary/aromatic N) is 2. The standard InChI is InChI=1S/C10H14N4/c1-8(9-4-2-3-5-11-9)14-10-12-6-7-13-10/h2-5,8H,6-7H2,1H3,(H2,12,13,14)/t8-/m1/s1. The topological polar surface area (TPSA) is 49.3 Å². The number of guanidine groups is 1. The lowest BCUT2D eigenvalue weighted by atomic mass is 10.2. The van der Waals surface area contributed by atoms with Crippen LogP contribution < -0.4 is 10.6 Å². The van der Waals surface area contributed by atoms with Crippen LogP contribution in [-0.2, 0) is 0 Å². The van der Waals surface area contributed by atoms with Crippen molar-refractivity contribution in [3.05, 3.63) is 30.1 Å². The second-order valence-electron chi connectivity index (χ2n) is 3.28. The van der Waals surface area contributed by atoms with Crippen molar-refractivity contribution < 1.29 is 0 Å². The van der Waals surface area contributed by atoms with Crippen LogP contribution in [0.25, 0.3) is 0 Å². The van der Waals surface area contributed by atoms with Crippen molar-refractivity contribution in [2.24, 2.45) is 4.99 Å². The van der Waals surface area contributed by atoms with Crippen molar-refractivity contribution in [1.29, 1.82) is 0 Å². The quantitative estimate of drug-likeness (QED) is 0.721. The maximum absolute atomic E-state index is 4.28. The molecule has 2 rings (SSSR count). The highest BCUT2D eigenvalue weighted by molar-refractivity contribution is 5.81. The molecule has 0 saturated carbocycles. The van der Waals surface area contributed by atoms with Gasteiger partial charge in [0.15, 0.2) is 5.96 Å². The summed E-state index contributed by atoms with van der Waals surface area (Å²) >= 11 is 0. The van der Waals surface area contributed by atoms with Gasteiger partial charge in [0.25, 0.3) is 0 Å². The molecule has 1 atom stereocenters. The highest BCUT2D eigenvalue weighted by atomic mass is 15.2. The Kier molecular flexibility index (Phi) is 2.62. The Balaban J connectivity index is 1.99. The van der Waals surface area contributed by atoms with Crippen LogP contribution in [0.3, 0.4) is 0 Å². The summed E-state index contributed by atoms with van der Waals surface area (Å²) in [5, 5.41) is 6.44. The van der Waals surface area contributed by atoms with Crippen LogP contribution in [-0.4, -0.2) is 24.0 Å². The van der Waals surface area contributed by atoms with E-state index in [-0.39, 0.29) is 6.04 Å². The van der Waals surface area contributed by atoms with Crippen LogP contribution in [0.5, 0.6) is 0 Å². The van der Waals surface area contributed by atoms with E-state index >= 15 is 0 Å². The van der Waals surface area contributed by atoms with E-state index in [1.54, 1.807) is 6.20 Å². The molecule has 74 valence electrons. The summed E-state index contributed by atoms with van der Waals surface area (Å²) in [7, 11) is 0. The van der Waals surface area contributed by atoms with E-state index in [1.807, 2.05) is 18.2 Å². The summed E-state index contributed by atoms with van der Waals surface area (Å²) in [5.41, 5.74) is 1.03. The largest absolute Gasteiger partial charge is 0.355 e. The molecule has 0 radical (unpaired) electrons. The number of nitrogens with one attached hydrogen (secondary N) is 2. The molecule has 0 amide bonds. The maximum atomic E-state index is 4.28. The Morgan fingerprint density at radius 3 is 3.07 bits per heavy atom. The monoisotopic (exact) mass is 190 g/mol. The van der Waals surface area contributed by atoms with Gasteiger partial charge in [0.05, 0.1) is 18.3 Å². The molecule has 14 heavy (non-hydrogen) atoms. The van der Waals surface area contributed by atoms with E-state index in [0.717, 1.165) is 24.7 Å². The van der Waals surface area contributed by atoms with Gasteiger partial charge in [0.2, 0.25) is 0 Å². The minimum Gasteiger partial charge on any atom is -0.355 e. The summed E-state index contributed by atoms with van der Waals surface area (Å²) < 4.78 is 0. The van der Waals surface area contributed by atoms with Gasteiger partial charge in [0.1, 0.15) is 0 Å². The van der Waals surface area contributed by atoms with Crippen molar-refractivity contribution in [3.8, 4) is 0 Å². The number of pyridine rings is 1. The summed E-state index contributed by atoms with van der Waals surface area (Å²) in [6, 6.07) is 6.11. The summed E-state index contributed by atoms with van der Waals surface area (Å²) in [6.07, 6.45) is 1.80. The third-order valence-electron chi connectivity index (χ3n) is 2.16. The third-order valence-corrected chi connectivity index (χ3v) is 2.16. The molecule has 0 fully saturated rings. The molecule has 2 N–H and O–H groups in total.